The Bertz CT molecular complexity index is 578. The van der Waals surface area contributed by atoms with E-state index in [1.807, 2.05) is 19.1 Å². The summed E-state index contributed by atoms with van der Waals surface area (Å²) in [6.45, 7) is 2.68. The highest BCUT2D eigenvalue weighted by Crippen LogP contribution is 2.36. The van der Waals surface area contributed by atoms with Gasteiger partial charge in [-0.05, 0) is 51.9 Å². The van der Waals surface area contributed by atoms with E-state index in [9.17, 15) is 8.42 Å². The average molecular weight is 310 g/mol. The lowest BCUT2D eigenvalue weighted by Crippen LogP contribution is -2.54. The predicted octanol–water partition coefficient (Wildman–Crippen LogP) is 2.77. The molecule has 1 aliphatic carbocycles. The smallest absolute Gasteiger partial charge is 0.180 e. The fourth-order valence-electron chi connectivity index (χ4n) is 2.89. The minimum atomic E-state index is -3.19. The van der Waals surface area contributed by atoms with Crippen molar-refractivity contribution in [1.82, 2.24) is 4.90 Å². The highest BCUT2D eigenvalue weighted by Gasteiger charge is 2.38. The Kier molecular flexibility index (Phi) is 4.94. The lowest BCUT2D eigenvalue weighted by molar-refractivity contribution is 0.0738. The van der Waals surface area contributed by atoms with Gasteiger partial charge in [-0.25, -0.2) is 8.42 Å². The van der Waals surface area contributed by atoms with Crippen LogP contribution in [0, 0.1) is 0 Å². The van der Waals surface area contributed by atoms with Crippen molar-refractivity contribution in [1.29, 1.82) is 0 Å². The lowest BCUT2D eigenvalue weighted by atomic mass is 9.75. The second-order valence-electron chi connectivity index (χ2n) is 6.14. The number of hydrogen-bond donors (Lipinski definition) is 1. The molecule has 118 valence electrons. The van der Waals surface area contributed by atoms with Gasteiger partial charge in [0.15, 0.2) is 9.84 Å². The second kappa shape index (κ2) is 6.36. The summed E-state index contributed by atoms with van der Waals surface area (Å²) in [5.74, 6) is 0.199. The third kappa shape index (κ3) is 3.40. The lowest BCUT2D eigenvalue weighted by Gasteiger charge is -2.47. The first-order chi connectivity index (χ1) is 9.91. The molecule has 0 atom stereocenters. The normalized spacial score (nSPS) is 17.5. The number of hydrogen-bond acceptors (Lipinski definition) is 4. The summed E-state index contributed by atoms with van der Waals surface area (Å²) in [7, 11) is 1.00. The Morgan fingerprint density at radius 2 is 1.90 bits per heavy atom. The van der Waals surface area contributed by atoms with Crippen molar-refractivity contribution in [3.05, 3.63) is 24.3 Å². The van der Waals surface area contributed by atoms with Gasteiger partial charge in [-0.1, -0.05) is 19.1 Å². The largest absolute Gasteiger partial charge is 0.382 e. The van der Waals surface area contributed by atoms with Crippen LogP contribution in [0.4, 0.5) is 5.69 Å². The Morgan fingerprint density at radius 1 is 1.24 bits per heavy atom. The van der Waals surface area contributed by atoms with E-state index in [4.69, 9.17) is 0 Å². The van der Waals surface area contributed by atoms with Crippen LogP contribution < -0.4 is 5.32 Å². The van der Waals surface area contributed by atoms with E-state index >= 15 is 0 Å². The van der Waals surface area contributed by atoms with E-state index in [1.54, 1.807) is 12.1 Å². The van der Waals surface area contributed by atoms with Gasteiger partial charge in [0.05, 0.1) is 16.3 Å². The van der Waals surface area contributed by atoms with Gasteiger partial charge in [0.25, 0.3) is 0 Å². The number of anilines is 1. The van der Waals surface area contributed by atoms with E-state index in [0.29, 0.717) is 11.3 Å². The van der Waals surface area contributed by atoms with Crippen LogP contribution in [0.5, 0.6) is 0 Å². The summed E-state index contributed by atoms with van der Waals surface area (Å²) in [6, 6.07) is 7.25. The molecule has 1 aromatic carbocycles. The average Bonchev–Trinajstić information content (AvgIpc) is 2.37. The molecule has 21 heavy (non-hydrogen) atoms. The van der Waals surface area contributed by atoms with Crippen molar-refractivity contribution < 1.29 is 8.42 Å². The number of benzene rings is 1. The van der Waals surface area contributed by atoms with Crippen LogP contribution in [0.25, 0.3) is 0 Å². The molecule has 0 aliphatic heterocycles. The first-order valence-corrected chi connectivity index (χ1v) is 9.30. The van der Waals surface area contributed by atoms with E-state index in [0.717, 1.165) is 25.1 Å². The quantitative estimate of drug-likeness (QED) is 0.841. The zero-order valence-corrected chi connectivity index (χ0v) is 14.0. The van der Waals surface area contributed by atoms with Gasteiger partial charge in [-0.15, -0.1) is 0 Å². The summed E-state index contributed by atoms with van der Waals surface area (Å²) in [5, 5.41) is 3.38. The van der Waals surface area contributed by atoms with Gasteiger partial charge in [0.1, 0.15) is 0 Å². The molecule has 0 aromatic heterocycles. The maximum atomic E-state index is 12.3. The van der Waals surface area contributed by atoms with Crippen molar-refractivity contribution in [3.8, 4) is 0 Å². The number of likely N-dealkylation sites (N-methyl/N-ethyl adjacent to an activating group) is 1. The van der Waals surface area contributed by atoms with Crippen LogP contribution in [0.2, 0.25) is 0 Å². The maximum absolute atomic E-state index is 12.3. The summed E-state index contributed by atoms with van der Waals surface area (Å²) in [5.41, 5.74) is 0.904. The second-order valence-corrected chi connectivity index (χ2v) is 8.22. The minimum absolute atomic E-state index is 0.168. The SMILES string of the molecule is CCCS(=O)(=O)c1ccccc1NCC1(N(C)C)CCC1. The predicted molar refractivity (Wildman–Crippen MR) is 87.5 cm³/mol. The summed E-state index contributed by atoms with van der Waals surface area (Å²) >= 11 is 0. The van der Waals surface area contributed by atoms with Gasteiger partial charge in [0.2, 0.25) is 0 Å². The number of nitrogens with zero attached hydrogens (tertiary/aromatic N) is 1. The Labute approximate surface area is 128 Å². The molecule has 1 fully saturated rings. The van der Waals surface area contributed by atoms with Crippen LogP contribution in [0.15, 0.2) is 29.2 Å². The number of nitrogens with one attached hydrogen (secondary N) is 1. The highest BCUT2D eigenvalue weighted by atomic mass is 32.2. The van der Waals surface area contributed by atoms with Crippen LogP contribution in [-0.2, 0) is 9.84 Å². The molecule has 4 nitrogen and oxygen atoms in total. The topological polar surface area (TPSA) is 49.4 Å². The molecular formula is C16H26N2O2S. The third-order valence-electron chi connectivity index (χ3n) is 4.54. The molecule has 0 heterocycles. The van der Waals surface area contributed by atoms with E-state index in [2.05, 4.69) is 24.3 Å². The zero-order chi connectivity index (χ0) is 15.5. The van der Waals surface area contributed by atoms with Gasteiger partial charge in [-0.2, -0.15) is 0 Å². The standard InChI is InChI=1S/C16H26N2O2S/c1-4-12-21(19,20)15-9-6-5-8-14(15)17-13-16(18(2)3)10-7-11-16/h5-6,8-9,17H,4,7,10-13H2,1-3H3. The first-order valence-electron chi connectivity index (χ1n) is 7.64. The maximum Gasteiger partial charge on any atom is 0.180 e. The molecule has 1 aliphatic rings. The van der Waals surface area contributed by atoms with Gasteiger partial charge >= 0.3 is 0 Å². The molecule has 1 saturated carbocycles. The summed E-state index contributed by atoms with van der Waals surface area (Å²) in [6.07, 6.45) is 4.21. The fourth-order valence-corrected chi connectivity index (χ4v) is 4.41. The van der Waals surface area contributed by atoms with Crippen LogP contribution >= 0.6 is 0 Å². The molecule has 2 rings (SSSR count). The molecule has 1 N–H and O–H groups in total. The Balaban J connectivity index is 2.18. The van der Waals surface area contributed by atoms with E-state index < -0.39 is 9.84 Å². The van der Waals surface area contributed by atoms with Crippen LogP contribution in [-0.4, -0.2) is 45.2 Å². The molecular weight excluding hydrogens is 284 g/mol. The Morgan fingerprint density at radius 3 is 2.43 bits per heavy atom. The molecule has 5 heteroatoms. The van der Waals surface area contributed by atoms with Crippen molar-refractivity contribution >= 4 is 15.5 Å². The fraction of sp³-hybridized carbons (Fsp3) is 0.625. The first kappa shape index (κ1) is 16.3. The molecule has 0 spiro atoms. The third-order valence-corrected chi connectivity index (χ3v) is 6.51. The van der Waals surface area contributed by atoms with Crippen molar-refractivity contribution in [2.24, 2.45) is 0 Å². The van der Waals surface area contributed by atoms with Gasteiger partial charge in [-0.3, -0.25) is 0 Å². The zero-order valence-electron chi connectivity index (χ0n) is 13.2. The number of para-hydroxylation sites is 1. The van der Waals surface area contributed by atoms with Crippen molar-refractivity contribution in [2.75, 3.05) is 31.7 Å². The van der Waals surface area contributed by atoms with Crippen LogP contribution in [0.1, 0.15) is 32.6 Å². The molecule has 0 bridgehead atoms. The summed E-state index contributed by atoms with van der Waals surface area (Å²) < 4.78 is 24.7. The van der Waals surface area contributed by atoms with Gasteiger partial charge < -0.3 is 10.2 Å². The molecule has 0 amide bonds. The number of rotatable bonds is 7. The molecule has 0 saturated heterocycles. The van der Waals surface area contributed by atoms with E-state index in [1.165, 1.54) is 6.42 Å². The summed E-state index contributed by atoms with van der Waals surface area (Å²) in [4.78, 5) is 2.69. The monoisotopic (exact) mass is 310 g/mol. The minimum Gasteiger partial charge on any atom is -0.382 e. The molecule has 1 aromatic rings. The van der Waals surface area contributed by atoms with Gasteiger partial charge in [0, 0.05) is 12.1 Å². The van der Waals surface area contributed by atoms with Crippen molar-refractivity contribution in [2.45, 2.75) is 43.0 Å². The number of sulfone groups is 1. The van der Waals surface area contributed by atoms with Crippen LogP contribution in [0.3, 0.4) is 0 Å². The molecule has 0 radical (unpaired) electrons. The van der Waals surface area contributed by atoms with E-state index in [-0.39, 0.29) is 11.3 Å². The highest BCUT2D eigenvalue weighted by molar-refractivity contribution is 7.91. The Hall–Kier alpha value is -1.07. The van der Waals surface area contributed by atoms with Crippen molar-refractivity contribution in [3.63, 3.8) is 0 Å². The molecule has 0 unspecified atom stereocenters.